The van der Waals surface area contributed by atoms with Gasteiger partial charge in [0, 0.05) is 42.4 Å². The molecule has 0 aliphatic carbocycles. The Bertz CT molecular complexity index is 1650. The number of aromatic nitrogens is 5. The van der Waals surface area contributed by atoms with E-state index in [1.54, 1.807) is 43.1 Å². The van der Waals surface area contributed by atoms with Crippen molar-refractivity contribution in [1.29, 1.82) is 0 Å². The maximum Gasteiger partial charge on any atom is 0.263 e. The fourth-order valence-electron chi connectivity index (χ4n) is 4.11. The summed E-state index contributed by atoms with van der Waals surface area (Å²) in [5, 5.41) is 6.80. The van der Waals surface area contributed by atoms with Crippen molar-refractivity contribution in [3.05, 3.63) is 118 Å². The highest BCUT2D eigenvalue weighted by Crippen LogP contribution is 2.18. The summed E-state index contributed by atoms with van der Waals surface area (Å²) in [7, 11) is 4.07. The van der Waals surface area contributed by atoms with Crippen LogP contribution in [0.25, 0.3) is 10.9 Å². The summed E-state index contributed by atoms with van der Waals surface area (Å²) in [6.45, 7) is 1.36. The van der Waals surface area contributed by atoms with Gasteiger partial charge in [-0.25, -0.2) is 9.97 Å². The molecule has 0 aliphatic rings. The third kappa shape index (κ3) is 6.49. The maximum absolute atomic E-state index is 12.9. The summed E-state index contributed by atoms with van der Waals surface area (Å²) in [6.07, 6.45) is 8.38. The van der Waals surface area contributed by atoms with Crippen LogP contribution in [0.1, 0.15) is 27.2 Å². The van der Waals surface area contributed by atoms with Crippen molar-refractivity contribution in [2.75, 3.05) is 19.4 Å². The van der Waals surface area contributed by atoms with E-state index >= 15 is 0 Å². The van der Waals surface area contributed by atoms with Gasteiger partial charge in [-0.3, -0.25) is 19.6 Å². The fourth-order valence-corrected chi connectivity index (χ4v) is 4.11. The van der Waals surface area contributed by atoms with Gasteiger partial charge in [-0.05, 0) is 61.6 Å². The molecule has 1 amide bonds. The summed E-state index contributed by atoms with van der Waals surface area (Å²) in [4.78, 5) is 45.2. The number of carbonyl (C=O) groups excluding carboxylic acids is 1. The fraction of sp³-hybridized carbons (Fsp3) is 0.172. The summed E-state index contributed by atoms with van der Waals surface area (Å²) in [6, 6.07) is 16.8. The highest BCUT2D eigenvalue weighted by Gasteiger charge is 2.13. The van der Waals surface area contributed by atoms with Crippen molar-refractivity contribution < 1.29 is 4.79 Å². The first-order chi connectivity index (χ1) is 18.9. The van der Waals surface area contributed by atoms with Crippen LogP contribution >= 0.6 is 0 Å². The zero-order chi connectivity index (χ0) is 27.2. The molecule has 0 fully saturated rings. The molecule has 4 aromatic heterocycles. The smallest absolute Gasteiger partial charge is 0.263 e. The number of fused-ring (bicyclic) bond motifs is 1. The Morgan fingerprint density at radius 1 is 0.974 bits per heavy atom. The molecule has 0 atom stereocenters. The van der Waals surface area contributed by atoms with Gasteiger partial charge in [-0.1, -0.05) is 18.2 Å². The number of benzene rings is 1. The van der Waals surface area contributed by atoms with Gasteiger partial charge in [-0.15, -0.1) is 0 Å². The molecule has 0 saturated carbocycles. The second-order valence-corrected chi connectivity index (χ2v) is 9.39. The van der Waals surface area contributed by atoms with Gasteiger partial charge in [0.15, 0.2) is 0 Å². The highest BCUT2D eigenvalue weighted by molar-refractivity contribution is 5.93. The van der Waals surface area contributed by atoms with E-state index in [0.29, 0.717) is 23.7 Å². The third-order valence-electron chi connectivity index (χ3n) is 6.00. The molecule has 1 aromatic carbocycles. The number of anilines is 2. The summed E-state index contributed by atoms with van der Waals surface area (Å²) >= 11 is 0. The van der Waals surface area contributed by atoms with E-state index < -0.39 is 5.91 Å². The van der Waals surface area contributed by atoms with Crippen LogP contribution in [-0.2, 0) is 19.6 Å². The van der Waals surface area contributed by atoms with Crippen LogP contribution in [0.2, 0.25) is 0 Å². The molecule has 5 rings (SSSR count). The van der Waals surface area contributed by atoms with Gasteiger partial charge in [0.25, 0.3) is 11.5 Å². The molecule has 5 aromatic rings. The average molecular weight is 521 g/mol. The Hall–Kier alpha value is -4.96. The van der Waals surface area contributed by atoms with Gasteiger partial charge in [0.2, 0.25) is 5.95 Å². The number of carbonyl (C=O) groups is 1. The predicted octanol–water partition coefficient (Wildman–Crippen LogP) is 3.37. The number of hydrogen-bond donors (Lipinski definition) is 2. The van der Waals surface area contributed by atoms with Crippen molar-refractivity contribution >= 4 is 28.4 Å². The van der Waals surface area contributed by atoms with Crippen LogP contribution in [0.15, 0.2) is 90.4 Å². The minimum absolute atomic E-state index is 0.0657. The number of nitrogens with zero attached hydrogens (tertiary/aromatic N) is 6. The molecule has 10 nitrogen and oxygen atoms in total. The highest BCUT2D eigenvalue weighted by atomic mass is 16.2. The lowest BCUT2D eigenvalue weighted by Gasteiger charge is -2.11. The van der Waals surface area contributed by atoms with Gasteiger partial charge in [-0.2, -0.15) is 0 Å². The van der Waals surface area contributed by atoms with E-state index in [0.717, 1.165) is 23.2 Å². The molecular formula is C29H28N8O2. The largest absolute Gasteiger partial charge is 0.346 e. The van der Waals surface area contributed by atoms with Crippen molar-refractivity contribution in [1.82, 2.24) is 34.7 Å². The predicted molar refractivity (Wildman–Crippen MR) is 150 cm³/mol. The van der Waals surface area contributed by atoms with Gasteiger partial charge >= 0.3 is 0 Å². The third-order valence-corrected chi connectivity index (χ3v) is 6.00. The Kier molecular flexibility index (Phi) is 7.65. The summed E-state index contributed by atoms with van der Waals surface area (Å²) in [5.41, 5.74) is 3.98. The quantitative estimate of drug-likeness (QED) is 0.304. The molecule has 196 valence electrons. The van der Waals surface area contributed by atoms with Crippen LogP contribution in [0.5, 0.6) is 0 Å². The first-order valence-corrected chi connectivity index (χ1v) is 12.4. The minimum atomic E-state index is -0.463. The molecule has 4 heterocycles. The SMILES string of the molecule is CN(C)Cc1ccc(Nc2ncc3cc(CNC(=O)c4cccn(Cc5cccnc5)c4=O)ncc3n2)cc1. The number of nitrogens with one attached hydrogen (secondary N) is 2. The first-order valence-electron chi connectivity index (χ1n) is 12.4. The lowest BCUT2D eigenvalue weighted by molar-refractivity contribution is 0.0948. The molecule has 0 bridgehead atoms. The van der Waals surface area contributed by atoms with Crippen LogP contribution in [-0.4, -0.2) is 49.4 Å². The second-order valence-electron chi connectivity index (χ2n) is 9.39. The van der Waals surface area contributed by atoms with E-state index in [4.69, 9.17) is 0 Å². The number of pyridine rings is 3. The topological polar surface area (TPSA) is 118 Å². The Morgan fingerprint density at radius 3 is 2.59 bits per heavy atom. The van der Waals surface area contributed by atoms with Gasteiger partial charge in [0.05, 0.1) is 30.5 Å². The Morgan fingerprint density at radius 2 is 1.82 bits per heavy atom. The minimum Gasteiger partial charge on any atom is -0.346 e. The number of hydrogen-bond acceptors (Lipinski definition) is 8. The average Bonchev–Trinajstić information content (AvgIpc) is 2.94. The molecule has 0 spiro atoms. The van der Waals surface area contributed by atoms with Gasteiger partial charge < -0.3 is 20.1 Å². The molecule has 0 aliphatic heterocycles. The first kappa shape index (κ1) is 25.7. The van der Waals surface area contributed by atoms with Crippen LogP contribution < -0.4 is 16.2 Å². The van der Waals surface area contributed by atoms with Crippen molar-refractivity contribution in [2.24, 2.45) is 0 Å². The van der Waals surface area contributed by atoms with E-state index in [-0.39, 0.29) is 17.7 Å². The maximum atomic E-state index is 12.9. The molecule has 39 heavy (non-hydrogen) atoms. The molecular weight excluding hydrogens is 492 g/mol. The zero-order valence-corrected chi connectivity index (χ0v) is 21.7. The molecule has 0 radical (unpaired) electrons. The van der Waals surface area contributed by atoms with E-state index in [1.807, 2.05) is 38.4 Å². The van der Waals surface area contributed by atoms with Crippen molar-refractivity contribution in [3.63, 3.8) is 0 Å². The van der Waals surface area contributed by atoms with Crippen LogP contribution in [0.4, 0.5) is 11.6 Å². The molecule has 2 N–H and O–H groups in total. The van der Waals surface area contributed by atoms with E-state index in [1.165, 1.54) is 16.2 Å². The molecule has 10 heteroatoms. The summed E-state index contributed by atoms with van der Waals surface area (Å²) in [5.74, 6) is 0.00665. The standard InChI is InChI=1S/C29H28N8O2/c1-36(2)18-20-7-9-23(10-8-20)34-29-33-15-22-13-24(31-17-26(22)35-29)16-32-27(38)25-6-4-12-37(28(25)39)19-21-5-3-11-30-14-21/h3-15,17H,16,18-19H2,1-2H3,(H,32,38)(H,33,34,35). The summed E-state index contributed by atoms with van der Waals surface area (Å²) < 4.78 is 1.49. The molecule has 0 unspecified atom stereocenters. The lowest BCUT2D eigenvalue weighted by atomic mass is 10.2. The molecule has 0 saturated heterocycles. The Balaban J connectivity index is 1.23. The van der Waals surface area contributed by atoms with Crippen LogP contribution in [0, 0.1) is 0 Å². The number of rotatable bonds is 9. The second kappa shape index (κ2) is 11.6. The van der Waals surface area contributed by atoms with E-state index in [9.17, 15) is 9.59 Å². The Labute approximate surface area is 225 Å². The van der Waals surface area contributed by atoms with Crippen LogP contribution in [0.3, 0.4) is 0 Å². The van der Waals surface area contributed by atoms with E-state index in [2.05, 4.69) is 47.6 Å². The van der Waals surface area contributed by atoms with Crippen molar-refractivity contribution in [3.8, 4) is 0 Å². The zero-order valence-electron chi connectivity index (χ0n) is 21.7. The lowest BCUT2D eigenvalue weighted by Crippen LogP contribution is -2.32. The van der Waals surface area contributed by atoms with Gasteiger partial charge in [0.1, 0.15) is 5.56 Å². The normalized spacial score (nSPS) is 11.1. The number of amides is 1. The van der Waals surface area contributed by atoms with Crippen molar-refractivity contribution in [2.45, 2.75) is 19.6 Å². The monoisotopic (exact) mass is 520 g/mol.